The number of hydrogen-bond acceptors (Lipinski definition) is 2. The highest BCUT2D eigenvalue weighted by molar-refractivity contribution is 9.10. The summed E-state index contributed by atoms with van der Waals surface area (Å²) < 4.78 is 3.09. The summed E-state index contributed by atoms with van der Waals surface area (Å²) in [6, 6.07) is 2.08. The van der Waals surface area contributed by atoms with Crippen molar-refractivity contribution in [1.82, 2.24) is 14.8 Å². The number of fused-ring (bicyclic) bond motifs is 1. The summed E-state index contributed by atoms with van der Waals surface area (Å²) in [7, 11) is 0. The van der Waals surface area contributed by atoms with Gasteiger partial charge < -0.3 is 0 Å². The van der Waals surface area contributed by atoms with Gasteiger partial charge in [0.25, 0.3) is 0 Å². The number of halogens is 1. The SMILES string of the molecule is Brc1cnc2c(cnn2CC2CC23CC3)c1. The lowest BCUT2D eigenvalue weighted by atomic mass is 10.3. The van der Waals surface area contributed by atoms with Crippen molar-refractivity contribution in [1.29, 1.82) is 0 Å². The summed E-state index contributed by atoms with van der Waals surface area (Å²) in [5.74, 6) is 0.862. The van der Waals surface area contributed by atoms with E-state index in [-0.39, 0.29) is 0 Å². The zero-order valence-electron chi connectivity index (χ0n) is 8.86. The second-order valence-electron chi connectivity index (χ2n) is 5.16. The Morgan fingerprint density at radius 3 is 3.06 bits per heavy atom. The molecule has 0 radical (unpaired) electrons. The van der Waals surface area contributed by atoms with Crippen molar-refractivity contribution in [3.8, 4) is 0 Å². The van der Waals surface area contributed by atoms with Crippen molar-refractivity contribution >= 4 is 27.0 Å². The molecule has 1 spiro atoms. The highest BCUT2D eigenvalue weighted by atomic mass is 79.9. The van der Waals surface area contributed by atoms with Crippen molar-refractivity contribution in [2.75, 3.05) is 0 Å². The molecule has 82 valence electrons. The molecule has 3 nitrogen and oxygen atoms in total. The van der Waals surface area contributed by atoms with Crippen molar-refractivity contribution < 1.29 is 0 Å². The predicted octanol–water partition coefficient (Wildman–Crippen LogP) is 2.99. The molecule has 0 saturated heterocycles. The van der Waals surface area contributed by atoms with E-state index in [0.717, 1.165) is 33.4 Å². The standard InChI is InChI=1S/C12H12BrN3/c13-10-3-8-5-15-16(11(8)14-6-10)7-9-4-12(9)1-2-12/h3,5-6,9H,1-2,4,7H2. The summed E-state index contributed by atoms with van der Waals surface area (Å²) in [5.41, 5.74) is 1.76. The summed E-state index contributed by atoms with van der Waals surface area (Å²) in [6.45, 7) is 1.05. The van der Waals surface area contributed by atoms with Crippen LogP contribution in [0.25, 0.3) is 11.0 Å². The van der Waals surface area contributed by atoms with E-state index in [0.29, 0.717) is 0 Å². The highest BCUT2D eigenvalue weighted by Crippen LogP contribution is 2.71. The molecule has 1 atom stereocenters. The topological polar surface area (TPSA) is 30.7 Å². The first-order chi connectivity index (χ1) is 7.77. The van der Waals surface area contributed by atoms with Gasteiger partial charge >= 0.3 is 0 Å². The molecule has 0 amide bonds. The zero-order chi connectivity index (χ0) is 10.8. The Morgan fingerprint density at radius 1 is 1.44 bits per heavy atom. The third-order valence-corrected chi connectivity index (χ3v) is 4.52. The van der Waals surface area contributed by atoms with Gasteiger partial charge in [-0.2, -0.15) is 5.10 Å². The van der Waals surface area contributed by atoms with Gasteiger partial charge in [-0.05, 0) is 52.6 Å². The molecule has 2 aliphatic carbocycles. The molecule has 4 heteroatoms. The molecule has 0 aliphatic heterocycles. The molecule has 1 unspecified atom stereocenters. The minimum atomic E-state index is 0.744. The van der Waals surface area contributed by atoms with Crippen LogP contribution in [0.3, 0.4) is 0 Å². The minimum Gasteiger partial charge on any atom is -0.247 e. The summed E-state index contributed by atoms with van der Waals surface area (Å²) in [5, 5.41) is 5.57. The van der Waals surface area contributed by atoms with Gasteiger partial charge in [-0.1, -0.05) is 0 Å². The third kappa shape index (κ3) is 1.25. The van der Waals surface area contributed by atoms with Crippen LogP contribution in [0.4, 0.5) is 0 Å². The Labute approximate surface area is 102 Å². The van der Waals surface area contributed by atoms with Crippen molar-refractivity contribution in [2.24, 2.45) is 11.3 Å². The number of nitrogens with zero attached hydrogens (tertiary/aromatic N) is 3. The second kappa shape index (κ2) is 2.86. The largest absolute Gasteiger partial charge is 0.247 e. The number of aromatic nitrogens is 3. The molecule has 2 fully saturated rings. The molecule has 4 rings (SSSR count). The quantitative estimate of drug-likeness (QED) is 0.845. The number of hydrogen-bond donors (Lipinski definition) is 0. The lowest BCUT2D eigenvalue weighted by molar-refractivity contribution is 0.536. The van der Waals surface area contributed by atoms with Gasteiger partial charge in [0.1, 0.15) is 0 Å². The van der Waals surface area contributed by atoms with Gasteiger partial charge in [0, 0.05) is 22.6 Å². The van der Waals surface area contributed by atoms with E-state index in [4.69, 9.17) is 0 Å². The number of rotatable bonds is 2. The average molecular weight is 278 g/mol. The predicted molar refractivity (Wildman–Crippen MR) is 65.0 cm³/mol. The molecule has 2 saturated carbocycles. The van der Waals surface area contributed by atoms with Crippen LogP contribution in [-0.2, 0) is 6.54 Å². The van der Waals surface area contributed by atoms with E-state index in [1.807, 2.05) is 12.4 Å². The van der Waals surface area contributed by atoms with E-state index in [1.54, 1.807) is 0 Å². The normalized spacial score (nSPS) is 25.2. The molecule has 0 N–H and O–H groups in total. The molecule has 2 heterocycles. The lowest BCUT2D eigenvalue weighted by Gasteiger charge is -2.01. The van der Waals surface area contributed by atoms with Gasteiger partial charge in [-0.25, -0.2) is 9.67 Å². The van der Waals surface area contributed by atoms with Crippen LogP contribution in [0, 0.1) is 11.3 Å². The van der Waals surface area contributed by atoms with Crippen LogP contribution >= 0.6 is 15.9 Å². The van der Waals surface area contributed by atoms with E-state index >= 15 is 0 Å². The van der Waals surface area contributed by atoms with Crippen LogP contribution in [0.15, 0.2) is 22.9 Å². The Kier molecular flexibility index (Phi) is 1.64. The van der Waals surface area contributed by atoms with Crippen LogP contribution in [-0.4, -0.2) is 14.8 Å². The Bertz CT molecular complexity index is 571. The lowest BCUT2D eigenvalue weighted by Crippen LogP contribution is -2.03. The Balaban J connectivity index is 1.69. The Hall–Kier alpha value is -0.900. The van der Waals surface area contributed by atoms with Gasteiger partial charge in [0.2, 0.25) is 0 Å². The van der Waals surface area contributed by atoms with Crippen LogP contribution < -0.4 is 0 Å². The smallest absolute Gasteiger partial charge is 0.157 e. The van der Waals surface area contributed by atoms with E-state index in [9.17, 15) is 0 Å². The monoisotopic (exact) mass is 277 g/mol. The highest BCUT2D eigenvalue weighted by Gasteiger charge is 2.62. The van der Waals surface area contributed by atoms with Crippen LogP contribution in [0.5, 0.6) is 0 Å². The number of pyridine rings is 1. The maximum atomic E-state index is 4.44. The van der Waals surface area contributed by atoms with Gasteiger partial charge in [0.15, 0.2) is 5.65 Å². The first-order valence-corrected chi connectivity index (χ1v) is 6.53. The average Bonchev–Trinajstić information content (AvgIpc) is 3.14. The third-order valence-electron chi connectivity index (χ3n) is 4.09. The molecular formula is C12H12BrN3. The van der Waals surface area contributed by atoms with E-state index < -0.39 is 0 Å². The van der Waals surface area contributed by atoms with Gasteiger partial charge in [-0.15, -0.1) is 0 Å². The molecule has 2 aromatic rings. The fraction of sp³-hybridized carbons (Fsp3) is 0.500. The van der Waals surface area contributed by atoms with E-state index in [1.165, 1.54) is 19.3 Å². The zero-order valence-corrected chi connectivity index (χ0v) is 10.4. The fourth-order valence-corrected chi connectivity index (χ4v) is 3.10. The van der Waals surface area contributed by atoms with Gasteiger partial charge in [0.05, 0.1) is 6.20 Å². The van der Waals surface area contributed by atoms with E-state index in [2.05, 4.69) is 36.8 Å². The maximum absolute atomic E-state index is 4.44. The molecule has 2 aliphatic rings. The molecule has 16 heavy (non-hydrogen) atoms. The first kappa shape index (κ1) is 9.16. The molecule has 0 aromatic carbocycles. The molecular weight excluding hydrogens is 266 g/mol. The second-order valence-corrected chi connectivity index (χ2v) is 6.07. The Morgan fingerprint density at radius 2 is 2.31 bits per heavy atom. The molecule has 2 aromatic heterocycles. The van der Waals surface area contributed by atoms with Crippen LogP contribution in [0.1, 0.15) is 19.3 Å². The summed E-state index contributed by atoms with van der Waals surface area (Å²) in [4.78, 5) is 4.44. The minimum absolute atomic E-state index is 0.744. The fourth-order valence-electron chi connectivity index (χ4n) is 2.75. The molecule has 0 bridgehead atoms. The first-order valence-electron chi connectivity index (χ1n) is 5.74. The summed E-state index contributed by atoms with van der Waals surface area (Å²) >= 11 is 3.43. The van der Waals surface area contributed by atoms with Crippen molar-refractivity contribution in [3.63, 3.8) is 0 Å². The van der Waals surface area contributed by atoms with Crippen molar-refractivity contribution in [2.45, 2.75) is 25.8 Å². The van der Waals surface area contributed by atoms with Gasteiger partial charge in [-0.3, -0.25) is 0 Å². The van der Waals surface area contributed by atoms with Crippen molar-refractivity contribution in [3.05, 3.63) is 22.9 Å². The van der Waals surface area contributed by atoms with Crippen LogP contribution in [0.2, 0.25) is 0 Å². The summed E-state index contributed by atoms with van der Waals surface area (Å²) in [6.07, 6.45) is 8.05. The maximum Gasteiger partial charge on any atom is 0.157 e.